The molecule has 0 amide bonds. The predicted octanol–water partition coefficient (Wildman–Crippen LogP) is 1.14. The van der Waals surface area contributed by atoms with Crippen molar-refractivity contribution in [1.82, 2.24) is 0 Å². The second-order valence-corrected chi connectivity index (χ2v) is 3.59. The van der Waals surface area contributed by atoms with Crippen LogP contribution >= 0.6 is 0 Å². The Bertz CT molecular complexity index is 467. The molecule has 0 unspecified atom stereocenters. The first-order valence-electron chi connectivity index (χ1n) is 5.15. The highest BCUT2D eigenvalue weighted by Crippen LogP contribution is 2.33. The van der Waals surface area contributed by atoms with Crippen molar-refractivity contribution in [2.45, 2.75) is 19.3 Å². The van der Waals surface area contributed by atoms with Crippen LogP contribution in [-0.2, 0) is 11.0 Å². The molecular weight excluding hydrogens is 292 g/mol. The minimum absolute atomic E-state index is 0.289. The van der Waals surface area contributed by atoms with Gasteiger partial charge in [0.1, 0.15) is 11.7 Å². The van der Waals surface area contributed by atoms with Gasteiger partial charge in [-0.2, -0.15) is 26.3 Å². The summed E-state index contributed by atoms with van der Waals surface area (Å²) in [6, 6.07) is 4.19. The minimum Gasteiger partial charge on any atom is -0.542 e. The molecule has 9 heteroatoms. The average Bonchev–Trinajstić information content (AvgIpc) is 2.27. The molecule has 0 aliphatic rings. The topological polar surface area (TPSA) is 56.7 Å². The lowest BCUT2D eigenvalue weighted by Gasteiger charge is -2.10. The van der Waals surface area contributed by atoms with Gasteiger partial charge in [-0.1, -0.05) is 6.07 Å². The molecule has 20 heavy (non-hydrogen) atoms. The zero-order valence-corrected chi connectivity index (χ0v) is 10.4. The normalized spacial score (nSPS) is 11.6. The van der Waals surface area contributed by atoms with E-state index >= 15 is 0 Å². The molecular formula is C11H11F6NO2. The van der Waals surface area contributed by atoms with Crippen molar-refractivity contribution in [3.63, 3.8) is 0 Å². The monoisotopic (exact) mass is 303 g/mol. The number of nitrogens with two attached hydrogens (primary N) is 1. The van der Waals surface area contributed by atoms with Crippen molar-refractivity contribution in [2.75, 3.05) is 7.05 Å². The number of carboxylic acids is 1. The van der Waals surface area contributed by atoms with Crippen LogP contribution in [0.15, 0.2) is 18.2 Å². The molecule has 1 aromatic carbocycles. The summed E-state index contributed by atoms with van der Waals surface area (Å²) in [7, 11) is 1.72. The second-order valence-electron chi connectivity index (χ2n) is 3.59. The molecule has 0 fully saturated rings. The van der Waals surface area contributed by atoms with E-state index < -0.39 is 23.9 Å². The Hall–Kier alpha value is -1.77. The molecule has 0 aromatic heterocycles. The van der Waals surface area contributed by atoms with Gasteiger partial charge in [-0.15, -0.1) is 0 Å². The van der Waals surface area contributed by atoms with Crippen molar-refractivity contribution in [2.24, 2.45) is 0 Å². The molecule has 0 heterocycles. The molecule has 2 N–H and O–H groups in total. The number of alkyl halides is 6. The Kier molecular flexibility index (Phi) is 6.01. The maximum absolute atomic E-state index is 12.4. The summed E-state index contributed by atoms with van der Waals surface area (Å²) >= 11 is 0. The Morgan fingerprint density at radius 1 is 1.15 bits per heavy atom. The van der Waals surface area contributed by atoms with E-state index in [4.69, 9.17) is 9.90 Å². The highest BCUT2D eigenvalue weighted by molar-refractivity contribution is 5.70. The first-order chi connectivity index (χ1) is 8.91. The van der Waals surface area contributed by atoms with Gasteiger partial charge in [0.15, 0.2) is 0 Å². The van der Waals surface area contributed by atoms with Gasteiger partial charge in [-0.05, 0) is 19.1 Å². The number of aliphatic carboxylic acids is 1. The molecule has 0 bridgehead atoms. The van der Waals surface area contributed by atoms with Crippen molar-refractivity contribution in [3.8, 4) is 0 Å². The highest BCUT2D eigenvalue weighted by Gasteiger charge is 2.33. The molecule has 0 aliphatic heterocycles. The van der Waals surface area contributed by atoms with Crippen LogP contribution < -0.4 is 10.4 Å². The lowest BCUT2D eigenvalue weighted by Crippen LogP contribution is -2.73. The molecule has 114 valence electrons. The summed E-state index contributed by atoms with van der Waals surface area (Å²) < 4.78 is 68.6. The number of carboxylic acid groups (broad SMARTS) is 1. The third-order valence-electron chi connectivity index (χ3n) is 2.22. The number of carbonyl (C=O) groups excluding carboxylic acids is 1. The molecule has 0 spiro atoms. The maximum atomic E-state index is 12.4. The number of quaternary nitrogens is 1. The van der Waals surface area contributed by atoms with Gasteiger partial charge in [0.25, 0.3) is 0 Å². The van der Waals surface area contributed by atoms with Crippen LogP contribution in [0.2, 0.25) is 0 Å². The van der Waals surface area contributed by atoms with E-state index in [1.807, 2.05) is 0 Å². The van der Waals surface area contributed by atoms with E-state index in [2.05, 4.69) is 0 Å². The Morgan fingerprint density at radius 3 is 1.90 bits per heavy atom. The molecule has 1 rings (SSSR count). The molecule has 1 aromatic rings. The van der Waals surface area contributed by atoms with Crippen LogP contribution in [0.1, 0.15) is 11.1 Å². The SMILES string of the molecule is C[NH2+]c1cccc(C(F)(F)F)c1C.O=C([O-])C(F)(F)F. The van der Waals surface area contributed by atoms with Gasteiger partial charge < -0.3 is 15.2 Å². The molecule has 3 nitrogen and oxygen atoms in total. The second kappa shape index (κ2) is 6.60. The van der Waals surface area contributed by atoms with Crippen LogP contribution in [0.5, 0.6) is 0 Å². The number of benzene rings is 1. The first-order valence-corrected chi connectivity index (χ1v) is 5.15. The van der Waals surface area contributed by atoms with Gasteiger partial charge >= 0.3 is 12.4 Å². The lowest BCUT2D eigenvalue weighted by molar-refractivity contribution is -0.540. The number of rotatable bonds is 1. The van der Waals surface area contributed by atoms with Crippen LogP contribution in [0.3, 0.4) is 0 Å². The van der Waals surface area contributed by atoms with Gasteiger partial charge in [-0.3, -0.25) is 0 Å². The van der Waals surface area contributed by atoms with Crippen molar-refractivity contribution >= 4 is 11.7 Å². The fourth-order valence-corrected chi connectivity index (χ4v) is 1.27. The summed E-state index contributed by atoms with van der Waals surface area (Å²) in [4.78, 5) is 8.78. The first kappa shape index (κ1) is 18.2. The van der Waals surface area contributed by atoms with Gasteiger partial charge in [0.05, 0.1) is 12.6 Å². The summed E-state index contributed by atoms with van der Waals surface area (Å²) in [5, 5.41) is 10.5. The zero-order valence-electron chi connectivity index (χ0n) is 10.4. The molecule has 0 radical (unpaired) electrons. The fourth-order valence-electron chi connectivity index (χ4n) is 1.27. The van der Waals surface area contributed by atoms with Crippen LogP contribution in [-0.4, -0.2) is 19.2 Å². The van der Waals surface area contributed by atoms with Crippen LogP contribution in [0, 0.1) is 6.92 Å². The predicted molar refractivity (Wildman–Crippen MR) is 54.8 cm³/mol. The van der Waals surface area contributed by atoms with E-state index in [0.717, 1.165) is 6.07 Å². The lowest BCUT2D eigenvalue weighted by atomic mass is 10.1. The standard InChI is InChI=1S/C9H10F3N.C2HF3O2/c1-6-7(9(10,11)12)4-3-5-8(6)13-2;3-2(4,5)1(6)7/h3-5,13H,1-2H3;(H,6,7). The van der Waals surface area contributed by atoms with Crippen LogP contribution in [0.25, 0.3) is 0 Å². The third kappa shape index (κ3) is 5.47. The molecule has 0 saturated carbocycles. The summed E-state index contributed by atoms with van der Waals surface area (Å²) in [6.07, 6.45) is -9.44. The van der Waals surface area contributed by atoms with Gasteiger partial charge in [0.2, 0.25) is 0 Å². The van der Waals surface area contributed by atoms with E-state index in [9.17, 15) is 26.3 Å². The Labute approximate surface area is 110 Å². The van der Waals surface area contributed by atoms with E-state index in [1.54, 1.807) is 18.4 Å². The Balaban J connectivity index is 0.000000441. The quantitative estimate of drug-likeness (QED) is 0.625. The number of halogens is 6. The van der Waals surface area contributed by atoms with Crippen molar-refractivity contribution in [3.05, 3.63) is 29.3 Å². The maximum Gasteiger partial charge on any atom is 0.430 e. The number of hydrogen-bond donors (Lipinski definition) is 1. The summed E-state index contributed by atoms with van der Waals surface area (Å²) in [5.41, 5.74) is 0.371. The fraction of sp³-hybridized carbons (Fsp3) is 0.364. The van der Waals surface area contributed by atoms with Crippen molar-refractivity contribution < 1.29 is 41.6 Å². The summed E-state index contributed by atoms with van der Waals surface area (Å²) in [6.45, 7) is 1.48. The number of hydrogen-bond acceptors (Lipinski definition) is 2. The minimum atomic E-state index is -5.19. The highest BCUT2D eigenvalue weighted by atomic mass is 19.4. The number of carbonyl (C=O) groups is 1. The smallest absolute Gasteiger partial charge is 0.430 e. The Morgan fingerprint density at radius 2 is 1.60 bits per heavy atom. The van der Waals surface area contributed by atoms with Gasteiger partial charge in [-0.25, -0.2) is 0 Å². The van der Waals surface area contributed by atoms with E-state index in [1.165, 1.54) is 13.0 Å². The molecule has 0 aliphatic carbocycles. The average molecular weight is 303 g/mol. The van der Waals surface area contributed by atoms with E-state index in [0.29, 0.717) is 5.69 Å². The molecule has 0 saturated heterocycles. The zero-order chi connectivity index (χ0) is 16.1. The largest absolute Gasteiger partial charge is 0.542 e. The van der Waals surface area contributed by atoms with Crippen LogP contribution in [0.4, 0.5) is 32.0 Å². The third-order valence-corrected chi connectivity index (χ3v) is 2.22. The van der Waals surface area contributed by atoms with Crippen molar-refractivity contribution in [1.29, 1.82) is 0 Å². The summed E-state index contributed by atoms with van der Waals surface area (Å²) in [5.74, 6) is -3.01. The van der Waals surface area contributed by atoms with E-state index in [-0.39, 0.29) is 5.56 Å². The molecule has 0 atom stereocenters. The van der Waals surface area contributed by atoms with Gasteiger partial charge in [0, 0.05) is 5.56 Å².